The number of carboxylic acids is 1. The van der Waals surface area contributed by atoms with Gasteiger partial charge in [-0.1, -0.05) is 37.5 Å². The van der Waals surface area contributed by atoms with Crippen LogP contribution in [-0.2, 0) is 16.0 Å². The average molecular weight is 273 g/mol. The van der Waals surface area contributed by atoms with Crippen LogP contribution in [0.2, 0.25) is 0 Å². The molecule has 4 nitrogen and oxygen atoms in total. The smallest absolute Gasteiger partial charge is 0.327 e. The highest BCUT2D eigenvalue weighted by atomic mass is 16.4. The molecule has 1 N–H and O–H groups in total. The largest absolute Gasteiger partial charge is 0.480 e. The fourth-order valence-corrected chi connectivity index (χ4v) is 3.40. The molecule has 2 aliphatic rings. The van der Waals surface area contributed by atoms with E-state index in [9.17, 15) is 14.7 Å². The SMILES string of the molecule is O=C(O)C1Cc2ccccc2N1C(=O)C1CCCCC1. The van der Waals surface area contributed by atoms with Crippen LogP contribution in [0, 0.1) is 5.92 Å². The molecule has 1 amide bonds. The van der Waals surface area contributed by atoms with Gasteiger partial charge in [-0.15, -0.1) is 0 Å². The molecule has 1 atom stereocenters. The van der Waals surface area contributed by atoms with E-state index in [0.717, 1.165) is 36.9 Å². The molecule has 1 aliphatic carbocycles. The third kappa shape index (κ3) is 2.19. The molecule has 106 valence electrons. The molecule has 0 saturated heterocycles. The molecule has 3 rings (SSSR count). The van der Waals surface area contributed by atoms with Crippen molar-refractivity contribution in [2.24, 2.45) is 5.92 Å². The number of anilines is 1. The Kier molecular flexibility index (Phi) is 3.47. The van der Waals surface area contributed by atoms with E-state index in [2.05, 4.69) is 0 Å². The normalized spacial score (nSPS) is 22.6. The van der Waals surface area contributed by atoms with E-state index in [-0.39, 0.29) is 11.8 Å². The van der Waals surface area contributed by atoms with Crippen molar-refractivity contribution in [3.05, 3.63) is 29.8 Å². The van der Waals surface area contributed by atoms with Crippen molar-refractivity contribution in [1.82, 2.24) is 0 Å². The molecule has 1 unspecified atom stereocenters. The number of rotatable bonds is 2. The molecule has 0 spiro atoms. The highest BCUT2D eigenvalue weighted by Crippen LogP contribution is 2.35. The maximum Gasteiger partial charge on any atom is 0.327 e. The van der Waals surface area contributed by atoms with Crippen molar-refractivity contribution >= 4 is 17.6 Å². The zero-order valence-corrected chi connectivity index (χ0v) is 11.4. The van der Waals surface area contributed by atoms with E-state index < -0.39 is 12.0 Å². The summed E-state index contributed by atoms with van der Waals surface area (Å²) < 4.78 is 0. The van der Waals surface area contributed by atoms with Gasteiger partial charge in [-0.25, -0.2) is 4.79 Å². The van der Waals surface area contributed by atoms with E-state index in [1.165, 1.54) is 11.3 Å². The summed E-state index contributed by atoms with van der Waals surface area (Å²) in [6.07, 6.45) is 5.54. The van der Waals surface area contributed by atoms with E-state index in [4.69, 9.17) is 0 Å². The lowest BCUT2D eigenvalue weighted by atomic mass is 9.88. The number of amides is 1. The van der Waals surface area contributed by atoms with Gasteiger partial charge in [0, 0.05) is 18.0 Å². The van der Waals surface area contributed by atoms with Crippen molar-refractivity contribution in [2.45, 2.75) is 44.6 Å². The van der Waals surface area contributed by atoms with Crippen LogP contribution in [0.25, 0.3) is 0 Å². The highest BCUT2D eigenvalue weighted by molar-refractivity contribution is 6.03. The zero-order chi connectivity index (χ0) is 14.1. The number of aliphatic carboxylic acids is 1. The molecule has 1 saturated carbocycles. The fraction of sp³-hybridized carbons (Fsp3) is 0.500. The molecule has 4 heteroatoms. The van der Waals surface area contributed by atoms with Crippen LogP contribution in [0.4, 0.5) is 5.69 Å². The Morgan fingerprint density at radius 3 is 2.50 bits per heavy atom. The van der Waals surface area contributed by atoms with Crippen molar-refractivity contribution < 1.29 is 14.7 Å². The second-order valence-corrected chi connectivity index (χ2v) is 5.73. The lowest BCUT2D eigenvalue weighted by Gasteiger charge is -2.29. The van der Waals surface area contributed by atoms with Gasteiger partial charge in [0.1, 0.15) is 6.04 Å². The van der Waals surface area contributed by atoms with E-state index in [1.54, 1.807) is 0 Å². The van der Waals surface area contributed by atoms with Crippen molar-refractivity contribution in [3.63, 3.8) is 0 Å². The number of carboxylic acid groups (broad SMARTS) is 1. The third-order valence-corrected chi connectivity index (χ3v) is 4.45. The maximum atomic E-state index is 12.7. The Bertz CT molecular complexity index is 534. The first-order valence-electron chi connectivity index (χ1n) is 7.32. The summed E-state index contributed by atoms with van der Waals surface area (Å²) in [5.74, 6) is -0.913. The van der Waals surface area contributed by atoms with Gasteiger partial charge >= 0.3 is 5.97 Å². The lowest BCUT2D eigenvalue weighted by molar-refractivity contribution is -0.140. The zero-order valence-electron chi connectivity index (χ0n) is 11.4. The van der Waals surface area contributed by atoms with Gasteiger partial charge in [-0.05, 0) is 24.5 Å². The van der Waals surface area contributed by atoms with Crippen LogP contribution in [-0.4, -0.2) is 23.0 Å². The van der Waals surface area contributed by atoms with Crippen LogP contribution < -0.4 is 4.90 Å². The predicted octanol–water partition coefficient (Wildman–Crippen LogP) is 2.61. The van der Waals surface area contributed by atoms with Gasteiger partial charge in [-0.2, -0.15) is 0 Å². The second-order valence-electron chi connectivity index (χ2n) is 5.73. The molecule has 1 heterocycles. The first kappa shape index (κ1) is 13.2. The molecule has 0 radical (unpaired) electrons. The summed E-state index contributed by atoms with van der Waals surface area (Å²) in [5.41, 5.74) is 1.75. The summed E-state index contributed by atoms with van der Waals surface area (Å²) in [6.45, 7) is 0. The Hall–Kier alpha value is -1.84. The Labute approximate surface area is 118 Å². The number of hydrogen-bond donors (Lipinski definition) is 1. The van der Waals surface area contributed by atoms with E-state index >= 15 is 0 Å². The molecular weight excluding hydrogens is 254 g/mol. The van der Waals surface area contributed by atoms with Crippen LogP contribution in [0.1, 0.15) is 37.7 Å². The van der Waals surface area contributed by atoms with E-state index in [0.29, 0.717) is 6.42 Å². The van der Waals surface area contributed by atoms with Gasteiger partial charge in [0.25, 0.3) is 0 Å². The van der Waals surface area contributed by atoms with Crippen LogP contribution in [0.5, 0.6) is 0 Å². The number of benzene rings is 1. The number of nitrogens with zero attached hydrogens (tertiary/aromatic N) is 1. The Morgan fingerprint density at radius 2 is 1.80 bits per heavy atom. The van der Waals surface area contributed by atoms with Crippen molar-refractivity contribution in [3.8, 4) is 0 Å². The second kappa shape index (κ2) is 5.27. The predicted molar refractivity (Wildman–Crippen MR) is 75.6 cm³/mol. The number of hydrogen-bond acceptors (Lipinski definition) is 2. The lowest BCUT2D eigenvalue weighted by Crippen LogP contribution is -2.46. The minimum absolute atomic E-state index is 0.00190. The summed E-state index contributed by atoms with van der Waals surface area (Å²) in [5, 5.41) is 9.41. The topological polar surface area (TPSA) is 57.6 Å². The Balaban J connectivity index is 1.91. The van der Waals surface area contributed by atoms with Gasteiger partial charge in [-0.3, -0.25) is 9.69 Å². The van der Waals surface area contributed by atoms with Crippen molar-refractivity contribution in [2.75, 3.05) is 4.90 Å². The molecule has 1 fully saturated rings. The first-order chi connectivity index (χ1) is 9.68. The molecule has 0 aromatic heterocycles. The van der Waals surface area contributed by atoms with Gasteiger partial charge < -0.3 is 5.11 Å². The third-order valence-electron chi connectivity index (χ3n) is 4.45. The quantitative estimate of drug-likeness (QED) is 0.901. The molecule has 1 aromatic rings. The number of carbonyl (C=O) groups is 2. The summed E-state index contributed by atoms with van der Waals surface area (Å²) in [6, 6.07) is 6.80. The highest BCUT2D eigenvalue weighted by Gasteiger charge is 2.40. The van der Waals surface area contributed by atoms with E-state index in [1.807, 2.05) is 24.3 Å². The van der Waals surface area contributed by atoms with Gasteiger partial charge in [0.2, 0.25) is 5.91 Å². The first-order valence-corrected chi connectivity index (χ1v) is 7.32. The molecule has 1 aromatic carbocycles. The average Bonchev–Trinajstić information content (AvgIpc) is 2.87. The molecule has 0 bridgehead atoms. The maximum absolute atomic E-state index is 12.7. The van der Waals surface area contributed by atoms with Crippen LogP contribution >= 0.6 is 0 Å². The minimum atomic E-state index is -0.912. The van der Waals surface area contributed by atoms with Crippen LogP contribution in [0.15, 0.2) is 24.3 Å². The standard InChI is InChI=1S/C16H19NO3/c18-15(11-6-2-1-3-7-11)17-13-9-5-4-8-12(13)10-14(17)16(19)20/h4-5,8-9,11,14H,1-3,6-7,10H2,(H,19,20). The fourth-order valence-electron chi connectivity index (χ4n) is 3.40. The summed E-state index contributed by atoms with van der Waals surface area (Å²) in [7, 11) is 0. The van der Waals surface area contributed by atoms with Gasteiger partial charge in [0.15, 0.2) is 0 Å². The monoisotopic (exact) mass is 273 g/mol. The number of carbonyl (C=O) groups excluding carboxylic acids is 1. The minimum Gasteiger partial charge on any atom is -0.480 e. The molecule has 20 heavy (non-hydrogen) atoms. The summed E-state index contributed by atoms with van der Waals surface area (Å²) in [4.78, 5) is 25.7. The summed E-state index contributed by atoms with van der Waals surface area (Å²) >= 11 is 0. The van der Waals surface area contributed by atoms with Crippen molar-refractivity contribution in [1.29, 1.82) is 0 Å². The molecule has 1 aliphatic heterocycles. The molecular formula is C16H19NO3. The van der Waals surface area contributed by atoms with Gasteiger partial charge in [0.05, 0.1) is 0 Å². The number of fused-ring (bicyclic) bond motifs is 1. The Morgan fingerprint density at radius 1 is 1.10 bits per heavy atom. The number of para-hydroxylation sites is 1. The van der Waals surface area contributed by atoms with Crippen LogP contribution in [0.3, 0.4) is 0 Å².